The van der Waals surface area contributed by atoms with Gasteiger partial charge in [-0.25, -0.2) is 4.98 Å². The van der Waals surface area contributed by atoms with E-state index in [1.165, 1.54) is 0 Å². The summed E-state index contributed by atoms with van der Waals surface area (Å²) in [5.41, 5.74) is 12.3. The second-order valence-electron chi connectivity index (χ2n) is 11.0. The lowest BCUT2D eigenvalue weighted by molar-refractivity contribution is -0.138. The van der Waals surface area contributed by atoms with Crippen molar-refractivity contribution < 1.29 is 19.8 Å². The zero-order valence-corrected chi connectivity index (χ0v) is 24.2. The third kappa shape index (κ3) is 5.10. The number of fused-ring (bicyclic) bond motifs is 8. The van der Waals surface area contributed by atoms with E-state index in [0.29, 0.717) is 23.2 Å². The minimum absolute atomic E-state index is 0.0321. The Bertz CT molecular complexity index is 1790. The third-order valence-corrected chi connectivity index (χ3v) is 8.52. The van der Waals surface area contributed by atoms with E-state index in [-0.39, 0.29) is 24.7 Å². The second kappa shape index (κ2) is 10.8. The monoisotopic (exact) mass is 552 g/mol. The fraction of sp³-hybridized carbons (Fsp3) is 0.333. The van der Waals surface area contributed by atoms with Crippen LogP contribution >= 0.6 is 0 Å². The van der Waals surface area contributed by atoms with Gasteiger partial charge in [-0.3, -0.25) is 14.6 Å². The van der Waals surface area contributed by atoms with Crippen LogP contribution in [0.4, 0.5) is 0 Å². The Kier molecular flexibility index (Phi) is 7.43. The highest BCUT2D eigenvalue weighted by molar-refractivity contribution is 5.93. The lowest BCUT2D eigenvalue weighted by Crippen LogP contribution is -2.10. The van der Waals surface area contributed by atoms with Crippen molar-refractivity contribution in [3.05, 3.63) is 75.9 Å². The number of allylic oxidation sites excluding steroid dienone is 2. The standard InChI is InChI=1S/C33H36N4O4/c1-7-20-18(5)26-15-30-21(8-2)17(4)25(35-30)14-27-19(6)22(9-10-31(38)39)33(37-27)23(12-32(40)41)28-11-16(3)24(34-28)13-29(20)36-26/h8,11,13-15,19,22,34-35H,2,7,9-10,12H2,1,3-6H3,(H,38,39)(H,40,41)/t19-,22-/m0/s1. The van der Waals surface area contributed by atoms with Gasteiger partial charge >= 0.3 is 11.9 Å². The molecule has 3 aromatic rings. The Balaban J connectivity index is 1.96. The van der Waals surface area contributed by atoms with Crippen molar-refractivity contribution in [3.63, 3.8) is 0 Å². The maximum Gasteiger partial charge on any atom is 0.307 e. The van der Waals surface area contributed by atoms with Crippen LogP contribution in [0, 0.1) is 13.8 Å². The number of aliphatic carboxylic acids is 2. The highest BCUT2D eigenvalue weighted by Crippen LogP contribution is 2.42. The molecule has 212 valence electrons. The fourth-order valence-corrected chi connectivity index (χ4v) is 6.18. The summed E-state index contributed by atoms with van der Waals surface area (Å²) in [4.78, 5) is 40.7. The number of aromatic amines is 2. The van der Waals surface area contributed by atoms with Gasteiger partial charge < -0.3 is 20.2 Å². The molecule has 8 nitrogen and oxygen atoms in total. The van der Waals surface area contributed by atoms with Crippen molar-refractivity contribution in [2.75, 3.05) is 0 Å². The Labute approximate surface area is 238 Å². The summed E-state index contributed by atoms with van der Waals surface area (Å²) in [7, 11) is 0. The Hall–Kier alpha value is -4.46. The van der Waals surface area contributed by atoms with Crippen LogP contribution in [0.5, 0.6) is 0 Å². The number of H-pyrrole nitrogens is 2. The van der Waals surface area contributed by atoms with E-state index in [1.54, 1.807) is 0 Å². The average Bonchev–Trinajstić information content (AvgIpc) is 3.60. The van der Waals surface area contributed by atoms with Gasteiger partial charge in [-0.15, -0.1) is 0 Å². The SMILES string of the molecule is C=Cc1c(C)c2cc3nc(c(CC(=O)O)c4cc(C)c(cc5nc(cc1[nH]2)C(C)=C5CC)[nH]4)[C@@H](CCC(=O)O)[C@@H]3C. The van der Waals surface area contributed by atoms with Gasteiger partial charge in [0.15, 0.2) is 0 Å². The van der Waals surface area contributed by atoms with Gasteiger partial charge in [0.2, 0.25) is 0 Å². The van der Waals surface area contributed by atoms with E-state index in [1.807, 2.05) is 45.0 Å². The number of aryl methyl sites for hydroxylation is 2. The van der Waals surface area contributed by atoms with Crippen LogP contribution in [0.15, 0.2) is 30.8 Å². The highest BCUT2D eigenvalue weighted by Gasteiger charge is 2.32. The molecule has 0 radical (unpaired) electrons. The van der Waals surface area contributed by atoms with E-state index in [2.05, 4.69) is 36.5 Å². The Morgan fingerprint density at radius 2 is 1.66 bits per heavy atom. The van der Waals surface area contributed by atoms with Crippen molar-refractivity contribution in [1.29, 1.82) is 0 Å². The molecule has 41 heavy (non-hydrogen) atoms. The van der Waals surface area contributed by atoms with Gasteiger partial charge in [0.25, 0.3) is 0 Å². The first kappa shape index (κ1) is 28.1. The Morgan fingerprint density at radius 3 is 2.32 bits per heavy atom. The van der Waals surface area contributed by atoms with E-state index in [0.717, 1.165) is 67.9 Å². The largest absolute Gasteiger partial charge is 0.481 e. The first-order valence-electron chi connectivity index (χ1n) is 14.0. The first-order valence-corrected chi connectivity index (χ1v) is 14.0. The van der Waals surface area contributed by atoms with Crippen LogP contribution in [0.3, 0.4) is 0 Å². The van der Waals surface area contributed by atoms with Crippen molar-refractivity contribution >= 4 is 51.2 Å². The van der Waals surface area contributed by atoms with Crippen LogP contribution in [-0.4, -0.2) is 42.1 Å². The molecule has 0 saturated carbocycles. The molecule has 2 aliphatic heterocycles. The summed E-state index contributed by atoms with van der Waals surface area (Å²) >= 11 is 0. The molecular formula is C33H36N4O4. The smallest absolute Gasteiger partial charge is 0.307 e. The minimum Gasteiger partial charge on any atom is -0.481 e. The van der Waals surface area contributed by atoms with Gasteiger partial charge in [0, 0.05) is 57.1 Å². The molecule has 2 atom stereocenters. The van der Waals surface area contributed by atoms with Gasteiger partial charge in [-0.1, -0.05) is 26.5 Å². The summed E-state index contributed by atoms with van der Waals surface area (Å²) in [5.74, 6) is -2.22. The zero-order valence-electron chi connectivity index (χ0n) is 24.2. The van der Waals surface area contributed by atoms with Crippen molar-refractivity contribution in [3.8, 4) is 0 Å². The molecule has 4 N–H and O–H groups in total. The number of hydrogen-bond donors (Lipinski definition) is 4. The van der Waals surface area contributed by atoms with E-state index in [4.69, 9.17) is 9.97 Å². The first-order chi connectivity index (χ1) is 19.5. The van der Waals surface area contributed by atoms with Gasteiger partial charge in [-0.05, 0) is 80.2 Å². The normalized spacial score (nSPS) is 16.7. The predicted molar refractivity (Wildman–Crippen MR) is 163 cm³/mol. The molecule has 0 fully saturated rings. The molecule has 5 rings (SSSR count). The molecule has 0 unspecified atom stereocenters. The summed E-state index contributed by atoms with van der Waals surface area (Å²) < 4.78 is 0. The molecule has 0 aliphatic carbocycles. The lowest BCUT2D eigenvalue weighted by Gasteiger charge is -2.16. The van der Waals surface area contributed by atoms with Crippen LogP contribution in [0.25, 0.3) is 39.3 Å². The zero-order chi connectivity index (χ0) is 29.6. The number of rotatable bonds is 7. The van der Waals surface area contributed by atoms with Crippen LogP contribution in [0.2, 0.25) is 0 Å². The van der Waals surface area contributed by atoms with Crippen molar-refractivity contribution in [2.45, 2.75) is 72.1 Å². The average molecular weight is 553 g/mol. The van der Waals surface area contributed by atoms with Gasteiger partial charge in [0.05, 0.1) is 23.5 Å². The lowest BCUT2D eigenvalue weighted by atomic mass is 9.85. The second-order valence-corrected chi connectivity index (χ2v) is 11.0. The molecular weight excluding hydrogens is 516 g/mol. The molecule has 2 aliphatic rings. The number of nitrogens with one attached hydrogen (secondary N) is 2. The van der Waals surface area contributed by atoms with Crippen molar-refractivity contribution in [2.24, 2.45) is 0 Å². The quantitative estimate of drug-likeness (QED) is 0.243. The van der Waals surface area contributed by atoms with Gasteiger partial charge in [0.1, 0.15) is 0 Å². The van der Waals surface area contributed by atoms with E-state index in [9.17, 15) is 19.8 Å². The molecule has 8 heteroatoms. The summed E-state index contributed by atoms with van der Waals surface area (Å²) in [6.45, 7) is 14.3. The number of carbonyl (C=O) groups is 2. The van der Waals surface area contributed by atoms with Crippen LogP contribution in [0.1, 0.15) is 96.9 Å². The molecule has 0 amide bonds. The number of carboxylic acid groups (broad SMARTS) is 2. The van der Waals surface area contributed by atoms with E-state index < -0.39 is 11.9 Å². The maximum absolute atomic E-state index is 12.1. The third-order valence-electron chi connectivity index (χ3n) is 8.52. The molecule has 0 aromatic carbocycles. The maximum atomic E-state index is 12.1. The number of hydrogen-bond acceptors (Lipinski definition) is 4. The van der Waals surface area contributed by atoms with E-state index >= 15 is 0 Å². The topological polar surface area (TPSA) is 132 Å². The summed E-state index contributed by atoms with van der Waals surface area (Å²) in [6, 6.07) is 8.05. The number of aromatic nitrogens is 4. The number of nitrogens with zero attached hydrogens (tertiary/aromatic N) is 2. The van der Waals surface area contributed by atoms with Crippen LogP contribution < -0.4 is 0 Å². The minimum atomic E-state index is -0.973. The highest BCUT2D eigenvalue weighted by atomic mass is 16.4. The molecule has 0 saturated heterocycles. The Morgan fingerprint density at radius 1 is 0.951 bits per heavy atom. The molecule has 3 aromatic heterocycles. The number of carboxylic acids is 2. The summed E-state index contributed by atoms with van der Waals surface area (Å²) in [6.07, 6.45) is 2.74. The molecule has 8 bridgehead atoms. The summed E-state index contributed by atoms with van der Waals surface area (Å²) in [5, 5.41) is 19.4. The van der Waals surface area contributed by atoms with Crippen LogP contribution in [-0.2, 0) is 16.0 Å². The molecule has 5 heterocycles. The van der Waals surface area contributed by atoms with Gasteiger partial charge in [-0.2, -0.15) is 0 Å². The fourth-order valence-electron chi connectivity index (χ4n) is 6.18. The predicted octanol–water partition coefficient (Wildman–Crippen LogP) is 7.29. The van der Waals surface area contributed by atoms with Crippen molar-refractivity contribution in [1.82, 2.24) is 19.9 Å². The molecule has 0 spiro atoms.